The van der Waals surface area contributed by atoms with E-state index in [0.717, 1.165) is 17.8 Å². The maximum Gasteiger partial charge on any atom is 0.416 e. The highest BCUT2D eigenvalue weighted by Gasteiger charge is 2.33. The topological polar surface area (TPSA) is 60.1 Å². The van der Waals surface area contributed by atoms with E-state index in [-0.39, 0.29) is 12.2 Å². The third-order valence-corrected chi connectivity index (χ3v) is 3.03. The monoisotopic (exact) mass is 299 g/mol. The Morgan fingerprint density at radius 2 is 2.05 bits per heavy atom. The molecule has 0 saturated carbocycles. The van der Waals surface area contributed by atoms with E-state index in [1.54, 1.807) is 19.3 Å². The normalized spacial score (nSPS) is 11.4. The Kier molecular flexibility index (Phi) is 3.88. The van der Waals surface area contributed by atoms with Crippen molar-refractivity contribution in [3.8, 4) is 0 Å². The minimum Gasteiger partial charge on any atom is -0.374 e. The van der Waals surface area contributed by atoms with Crippen LogP contribution in [-0.2, 0) is 19.8 Å². The molecule has 112 valence electrons. The highest BCUT2D eigenvalue weighted by Crippen LogP contribution is 2.35. The van der Waals surface area contributed by atoms with Crippen LogP contribution < -0.4 is 5.32 Å². The molecule has 1 N–H and O–H groups in total. The number of nitrogens with zero attached hydrogens (tertiary/aromatic N) is 2. The summed E-state index contributed by atoms with van der Waals surface area (Å²) in [5.74, 6) is 0. The quantitative estimate of drug-likeness (QED) is 0.693. The number of halogens is 3. The average molecular weight is 299 g/mol. The Hall–Kier alpha value is -2.51. The Morgan fingerprint density at radius 3 is 2.57 bits per heavy atom. The molecule has 0 amide bonds. The number of hydrogen-bond donors (Lipinski definition) is 1. The van der Waals surface area contributed by atoms with Crippen molar-refractivity contribution in [2.75, 3.05) is 5.32 Å². The summed E-state index contributed by atoms with van der Waals surface area (Å²) in [6, 6.07) is 6.04. The lowest BCUT2D eigenvalue weighted by Crippen LogP contribution is -2.09. The summed E-state index contributed by atoms with van der Waals surface area (Å²) in [5, 5.41) is 13.7. The summed E-state index contributed by atoms with van der Waals surface area (Å²) in [5.41, 5.74) is -0.740. The third-order valence-electron chi connectivity index (χ3n) is 3.03. The molecule has 0 unspecified atom stereocenters. The van der Waals surface area contributed by atoms with Crippen LogP contribution in [0.1, 0.15) is 11.3 Å². The number of anilines is 1. The number of nitro benzene ring substituents is 1. The molecule has 0 aliphatic rings. The minimum absolute atomic E-state index is 0.0502. The number of aryl methyl sites for hydroxylation is 1. The van der Waals surface area contributed by atoms with E-state index < -0.39 is 22.4 Å². The molecule has 21 heavy (non-hydrogen) atoms. The van der Waals surface area contributed by atoms with E-state index in [1.807, 2.05) is 10.6 Å². The molecule has 0 fully saturated rings. The fourth-order valence-corrected chi connectivity index (χ4v) is 1.87. The molecule has 0 saturated heterocycles. The summed E-state index contributed by atoms with van der Waals surface area (Å²) < 4.78 is 39.5. The first-order chi connectivity index (χ1) is 9.79. The SMILES string of the molecule is Cn1cccc1CNc1ccc(C(F)(F)F)cc1[N+](=O)[O-]. The molecule has 5 nitrogen and oxygen atoms in total. The molecule has 0 aliphatic heterocycles. The largest absolute Gasteiger partial charge is 0.416 e. The summed E-state index contributed by atoms with van der Waals surface area (Å²) in [7, 11) is 1.80. The van der Waals surface area contributed by atoms with Gasteiger partial charge in [0.1, 0.15) is 5.69 Å². The summed E-state index contributed by atoms with van der Waals surface area (Å²) in [6.45, 7) is 0.274. The molecular weight excluding hydrogens is 287 g/mol. The standard InChI is InChI=1S/C13H12F3N3O2/c1-18-6-2-3-10(18)8-17-11-5-4-9(13(14,15)16)7-12(11)19(20)21/h2-7,17H,8H2,1H3. The van der Waals surface area contributed by atoms with Gasteiger partial charge in [0.25, 0.3) is 5.69 Å². The van der Waals surface area contributed by atoms with Crippen molar-refractivity contribution < 1.29 is 18.1 Å². The van der Waals surface area contributed by atoms with Crippen LogP contribution in [0.2, 0.25) is 0 Å². The van der Waals surface area contributed by atoms with Crippen LogP contribution in [0.3, 0.4) is 0 Å². The Bertz CT molecular complexity index is 665. The summed E-state index contributed by atoms with van der Waals surface area (Å²) in [4.78, 5) is 10.1. The number of nitro groups is 1. The molecule has 0 spiro atoms. The van der Waals surface area contributed by atoms with Crippen LogP contribution in [0.5, 0.6) is 0 Å². The summed E-state index contributed by atoms with van der Waals surface area (Å²) >= 11 is 0. The first kappa shape index (κ1) is 14.9. The van der Waals surface area contributed by atoms with Gasteiger partial charge < -0.3 is 9.88 Å². The fourth-order valence-electron chi connectivity index (χ4n) is 1.87. The number of aromatic nitrogens is 1. The van der Waals surface area contributed by atoms with Crippen LogP contribution in [0.25, 0.3) is 0 Å². The van der Waals surface area contributed by atoms with Gasteiger partial charge in [-0.3, -0.25) is 10.1 Å². The van der Waals surface area contributed by atoms with Crippen molar-refractivity contribution in [1.29, 1.82) is 0 Å². The molecule has 1 aromatic carbocycles. The lowest BCUT2D eigenvalue weighted by Gasteiger charge is -2.11. The van der Waals surface area contributed by atoms with Crippen LogP contribution in [0, 0.1) is 10.1 Å². The first-order valence-corrected chi connectivity index (χ1v) is 5.99. The molecule has 0 radical (unpaired) electrons. The number of hydrogen-bond acceptors (Lipinski definition) is 3. The number of alkyl halides is 3. The molecule has 0 bridgehead atoms. The van der Waals surface area contributed by atoms with Gasteiger partial charge in [0.05, 0.1) is 17.0 Å². The zero-order valence-electron chi connectivity index (χ0n) is 11.0. The lowest BCUT2D eigenvalue weighted by molar-refractivity contribution is -0.384. The van der Waals surface area contributed by atoms with Crippen LogP contribution in [0.15, 0.2) is 36.5 Å². The van der Waals surface area contributed by atoms with Crippen LogP contribution in [-0.4, -0.2) is 9.49 Å². The van der Waals surface area contributed by atoms with Crippen molar-refractivity contribution in [3.63, 3.8) is 0 Å². The molecule has 2 aromatic rings. The van der Waals surface area contributed by atoms with Gasteiger partial charge in [0.15, 0.2) is 0 Å². The van der Waals surface area contributed by atoms with Crippen LogP contribution >= 0.6 is 0 Å². The fraction of sp³-hybridized carbons (Fsp3) is 0.231. The van der Waals surface area contributed by atoms with Crippen molar-refractivity contribution in [2.24, 2.45) is 7.05 Å². The lowest BCUT2D eigenvalue weighted by atomic mass is 10.1. The van der Waals surface area contributed by atoms with E-state index >= 15 is 0 Å². The van der Waals surface area contributed by atoms with Gasteiger partial charge in [-0.2, -0.15) is 13.2 Å². The van der Waals surface area contributed by atoms with Crippen LogP contribution in [0.4, 0.5) is 24.5 Å². The van der Waals surface area contributed by atoms with Gasteiger partial charge in [-0.15, -0.1) is 0 Å². The maximum atomic E-state index is 12.6. The highest BCUT2D eigenvalue weighted by atomic mass is 19.4. The maximum absolute atomic E-state index is 12.6. The van der Waals surface area contributed by atoms with Crippen molar-refractivity contribution in [1.82, 2.24) is 4.57 Å². The molecule has 1 aromatic heterocycles. The van der Waals surface area contributed by atoms with Crippen molar-refractivity contribution >= 4 is 11.4 Å². The van der Waals surface area contributed by atoms with E-state index in [1.165, 1.54) is 0 Å². The van der Waals surface area contributed by atoms with Gasteiger partial charge in [-0.05, 0) is 24.3 Å². The predicted molar refractivity (Wildman–Crippen MR) is 70.8 cm³/mol. The van der Waals surface area contributed by atoms with Gasteiger partial charge >= 0.3 is 6.18 Å². The van der Waals surface area contributed by atoms with E-state index in [2.05, 4.69) is 5.32 Å². The first-order valence-electron chi connectivity index (χ1n) is 5.99. The second-order valence-corrected chi connectivity index (χ2v) is 4.45. The van der Waals surface area contributed by atoms with E-state index in [0.29, 0.717) is 6.07 Å². The minimum atomic E-state index is -4.61. The summed E-state index contributed by atoms with van der Waals surface area (Å²) in [6.07, 6.45) is -2.81. The predicted octanol–water partition coefficient (Wildman–Crippen LogP) is 3.56. The molecule has 0 aliphatic carbocycles. The Balaban J connectivity index is 2.27. The van der Waals surface area contributed by atoms with E-state index in [4.69, 9.17) is 0 Å². The molecule has 8 heteroatoms. The third kappa shape index (κ3) is 3.33. The second kappa shape index (κ2) is 5.47. The van der Waals surface area contributed by atoms with Crippen molar-refractivity contribution in [3.05, 3.63) is 57.9 Å². The molecule has 1 heterocycles. The molecule has 2 rings (SSSR count). The smallest absolute Gasteiger partial charge is 0.374 e. The van der Waals surface area contributed by atoms with Crippen molar-refractivity contribution in [2.45, 2.75) is 12.7 Å². The van der Waals surface area contributed by atoms with Gasteiger partial charge in [-0.25, -0.2) is 0 Å². The number of rotatable bonds is 4. The van der Waals surface area contributed by atoms with E-state index in [9.17, 15) is 23.3 Å². The Labute approximate surface area is 118 Å². The number of benzene rings is 1. The number of nitrogens with one attached hydrogen (secondary N) is 1. The zero-order valence-corrected chi connectivity index (χ0v) is 11.0. The Morgan fingerprint density at radius 1 is 1.33 bits per heavy atom. The van der Waals surface area contributed by atoms with Gasteiger partial charge in [0.2, 0.25) is 0 Å². The molecule has 0 atom stereocenters. The second-order valence-electron chi connectivity index (χ2n) is 4.45. The van der Waals surface area contributed by atoms with Gasteiger partial charge in [-0.1, -0.05) is 0 Å². The molecular formula is C13H12F3N3O2. The van der Waals surface area contributed by atoms with Gasteiger partial charge in [0, 0.05) is 25.0 Å². The average Bonchev–Trinajstić information content (AvgIpc) is 2.80. The zero-order chi connectivity index (χ0) is 15.6. The highest BCUT2D eigenvalue weighted by molar-refractivity contribution is 5.63.